The van der Waals surface area contributed by atoms with Crippen LogP contribution in [0.25, 0.3) is 11.0 Å². The first-order valence-electron chi connectivity index (χ1n) is 11.0. The van der Waals surface area contributed by atoms with Gasteiger partial charge in [0.2, 0.25) is 0 Å². The summed E-state index contributed by atoms with van der Waals surface area (Å²) in [7, 11) is 0. The van der Waals surface area contributed by atoms with E-state index < -0.39 is 0 Å². The van der Waals surface area contributed by atoms with Gasteiger partial charge in [-0.25, -0.2) is 4.98 Å². The minimum Gasteiger partial charge on any atom is -0.382 e. The molecule has 160 valence electrons. The lowest BCUT2D eigenvalue weighted by molar-refractivity contribution is 0.463. The van der Waals surface area contributed by atoms with Crippen LogP contribution in [0.3, 0.4) is 0 Å². The van der Waals surface area contributed by atoms with Crippen LogP contribution in [0, 0.1) is 0 Å². The van der Waals surface area contributed by atoms with E-state index in [0.717, 1.165) is 28.2 Å². The number of H-pyrrole nitrogens is 1. The Kier molecular flexibility index (Phi) is 7.51. The minimum absolute atomic E-state index is 0.661. The molecule has 5 rings (SSSR count). The second kappa shape index (κ2) is 10.9. The summed E-state index contributed by atoms with van der Waals surface area (Å²) < 4.78 is 0. The summed E-state index contributed by atoms with van der Waals surface area (Å²) in [6.07, 6.45) is 6.75. The molecule has 1 aliphatic carbocycles. The topological polar surface area (TPSA) is 52.7 Å². The Morgan fingerprint density at radius 2 is 1.42 bits per heavy atom. The molecule has 0 amide bonds. The molecule has 1 aromatic heterocycles. The van der Waals surface area contributed by atoms with Crippen LogP contribution in [0.5, 0.6) is 0 Å². The quantitative estimate of drug-likeness (QED) is 0.254. The number of fused-ring (bicyclic) bond motifs is 1. The Morgan fingerprint density at radius 3 is 2.13 bits per heavy atom. The van der Waals surface area contributed by atoms with Gasteiger partial charge in [-0.3, -0.25) is 0 Å². The third-order valence-corrected chi connectivity index (χ3v) is 5.81. The van der Waals surface area contributed by atoms with E-state index in [-0.39, 0.29) is 0 Å². The number of para-hydroxylation sites is 3. The summed E-state index contributed by atoms with van der Waals surface area (Å²) in [5, 5.41) is 7.05. The summed E-state index contributed by atoms with van der Waals surface area (Å²) in [6, 6.07) is 27.5. The first kappa shape index (κ1) is 21.3. The standard InChI is InChI=1S/C18H22N2.C8H8N2S/c1-3-7-15(8-4-1)19-17-11-13-18(14-12-17)20-16-9-5-2-6-10-16;11-5-8-9-6-3-1-2-4-7(6)10-8/h1,3-4,7-8,11-14,16,19-20H,2,5-6,9-10H2;1-4,11H,5H2,(H,9,10). The Labute approximate surface area is 189 Å². The lowest BCUT2D eigenvalue weighted by Gasteiger charge is -2.24. The Morgan fingerprint density at radius 1 is 0.774 bits per heavy atom. The van der Waals surface area contributed by atoms with Gasteiger partial charge in [-0.05, 0) is 61.4 Å². The van der Waals surface area contributed by atoms with Crippen molar-refractivity contribution in [3.63, 3.8) is 0 Å². The van der Waals surface area contributed by atoms with Gasteiger partial charge in [0.05, 0.1) is 11.0 Å². The van der Waals surface area contributed by atoms with Gasteiger partial charge in [0.15, 0.2) is 0 Å². The van der Waals surface area contributed by atoms with Crippen LogP contribution in [0.1, 0.15) is 37.9 Å². The number of benzene rings is 3. The molecule has 3 N–H and O–H groups in total. The van der Waals surface area contributed by atoms with Crippen molar-refractivity contribution < 1.29 is 0 Å². The van der Waals surface area contributed by atoms with E-state index in [1.165, 1.54) is 37.8 Å². The van der Waals surface area contributed by atoms with E-state index in [2.05, 4.69) is 69.6 Å². The summed E-state index contributed by atoms with van der Waals surface area (Å²) in [4.78, 5) is 7.46. The molecule has 1 fully saturated rings. The Bertz CT molecular complexity index is 1020. The highest BCUT2D eigenvalue weighted by molar-refractivity contribution is 7.79. The first-order chi connectivity index (χ1) is 15.3. The van der Waals surface area contributed by atoms with Gasteiger partial charge < -0.3 is 15.6 Å². The molecular formula is C26H30N4S. The summed E-state index contributed by atoms with van der Waals surface area (Å²) in [5.41, 5.74) is 5.58. The number of aromatic amines is 1. The highest BCUT2D eigenvalue weighted by atomic mass is 32.1. The van der Waals surface area contributed by atoms with Crippen LogP contribution in [0.2, 0.25) is 0 Å². The van der Waals surface area contributed by atoms with Crippen molar-refractivity contribution in [2.45, 2.75) is 43.9 Å². The molecule has 1 saturated carbocycles. The molecule has 31 heavy (non-hydrogen) atoms. The number of hydrogen-bond donors (Lipinski definition) is 4. The normalized spacial score (nSPS) is 14.0. The maximum Gasteiger partial charge on any atom is 0.116 e. The predicted octanol–water partition coefficient (Wildman–Crippen LogP) is 7.17. The van der Waals surface area contributed by atoms with E-state index in [1.54, 1.807) is 0 Å². The molecule has 0 unspecified atom stereocenters. The predicted molar refractivity (Wildman–Crippen MR) is 135 cm³/mol. The fourth-order valence-corrected chi connectivity index (χ4v) is 4.05. The van der Waals surface area contributed by atoms with Crippen LogP contribution in [0.4, 0.5) is 17.1 Å². The molecule has 0 radical (unpaired) electrons. The van der Waals surface area contributed by atoms with Gasteiger partial charge in [-0.1, -0.05) is 49.6 Å². The van der Waals surface area contributed by atoms with Crippen LogP contribution in [-0.4, -0.2) is 16.0 Å². The molecule has 0 atom stereocenters. The summed E-state index contributed by atoms with van der Waals surface area (Å²) in [5.74, 6) is 1.59. The average Bonchev–Trinajstić information content (AvgIpc) is 3.26. The third-order valence-electron chi connectivity index (χ3n) is 5.51. The molecule has 0 aliphatic heterocycles. The maximum atomic E-state index is 4.30. The van der Waals surface area contributed by atoms with Crippen LogP contribution in [0.15, 0.2) is 78.9 Å². The number of aromatic nitrogens is 2. The lowest BCUT2D eigenvalue weighted by atomic mass is 9.95. The van der Waals surface area contributed by atoms with E-state index in [4.69, 9.17) is 0 Å². The van der Waals surface area contributed by atoms with Crippen molar-refractivity contribution in [2.75, 3.05) is 10.6 Å². The Hall–Kier alpha value is -2.92. The molecule has 4 nitrogen and oxygen atoms in total. The molecular weight excluding hydrogens is 400 g/mol. The Balaban J connectivity index is 0.000000177. The number of imidazole rings is 1. The number of rotatable bonds is 5. The van der Waals surface area contributed by atoms with Crippen molar-refractivity contribution in [1.29, 1.82) is 0 Å². The second-order valence-electron chi connectivity index (χ2n) is 7.91. The van der Waals surface area contributed by atoms with Crippen LogP contribution >= 0.6 is 12.6 Å². The zero-order valence-corrected chi connectivity index (χ0v) is 18.6. The van der Waals surface area contributed by atoms with Gasteiger partial charge in [-0.15, -0.1) is 0 Å². The molecule has 1 heterocycles. The van der Waals surface area contributed by atoms with E-state index in [9.17, 15) is 0 Å². The SMILES string of the molecule is SCc1nc2ccccc2[nH]1.c1ccc(Nc2ccc(NC3CCCCC3)cc2)cc1. The number of thiol groups is 1. The van der Waals surface area contributed by atoms with Gasteiger partial charge in [0.1, 0.15) is 5.82 Å². The molecule has 0 bridgehead atoms. The first-order valence-corrected chi connectivity index (χ1v) is 11.7. The van der Waals surface area contributed by atoms with Gasteiger partial charge in [-0.2, -0.15) is 12.6 Å². The zero-order chi connectivity index (χ0) is 21.3. The zero-order valence-electron chi connectivity index (χ0n) is 17.7. The van der Waals surface area contributed by atoms with Crippen molar-refractivity contribution in [3.8, 4) is 0 Å². The molecule has 5 heteroatoms. The number of hydrogen-bond acceptors (Lipinski definition) is 4. The fourth-order valence-electron chi connectivity index (χ4n) is 3.90. The monoisotopic (exact) mass is 430 g/mol. The van der Waals surface area contributed by atoms with Crippen molar-refractivity contribution in [3.05, 3.63) is 84.7 Å². The third kappa shape index (κ3) is 6.28. The molecule has 0 saturated heterocycles. The second-order valence-corrected chi connectivity index (χ2v) is 8.22. The number of nitrogens with one attached hydrogen (secondary N) is 3. The largest absolute Gasteiger partial charge is 0.382 e. The summed E-state index contributed by atoms with van der Waals surface area (Å²) in [6.45, 7) is 0. The molecule has 1 aliphatic rings. The van der Waals surface area contributed by atoms with Gasteiger partial charge in [0, 0.05) is 28.9 Å². The van der Waals surface area contributed by atoms with Crippen LogP contribution < -0.4 is 10.6 Å². The van der Waals surface area contributed by atoms with Crippen LogP contribution in [-0.2, 0) is 5.75 Å². The van der Waals surface area contributed by atoms with Crippen molar-refractivity contribution >= 4 is 40.7 Å². The van der Waals surface area contributed by atoms with Crippen molar-refractivity contribution in [2.24, 2.45) is 0 Å². The van der Waals surface area contributed by atoms with Gasteiger partial charge in [0.25, 0.3) is 0 Å². The van der Waals surface area contributed by atoms with E-state index in [1.807, 2.05) is 42.5 Å². The van der Waals surface area contributed by atoms with Crippen molar-refractivity contribution in [1.82, 2.24) is 9.97 Å². The van der Waals surface area contributed by atoms with Gasteiger partial charge >= 0.3 is 0 Å². The highest BCUT2D eigenvalue weighted by Gasteiger charge is 2.12. The number of anilines is 3. The number of nitrogens with zero attached hydrogens (tertiary/aromatic N) is 1. The minimum atomic E-state index is 0.661. The highest BCUT2D eigenvalue weighted by Crippen LogP contribution is 2.23. The summed E-state index contributed by atoms with van der Waals surface area (Å²) >= 11 is 4.13. The smallest absolute Gasteiger partial charge is 0.116 e. The molecule has 0 spiro atoms. The van der Waals surface area contributed by atoms with E-state index >= 15 is 0 Å². The maximum absolute atomic E-state index is 4.30. The molecule has 4 aromatic rings. The molecule has 3 aromatic carbocycles. The fraction of sp³-hybridized carbons (Fsp3) is 0.269. The van der Waals surface area contributed by atoms with E-state index in [0.29, 0.717) is 11.8 Å². The average molecular weight is 431 g/mol. The lowest BCUT2D eigenvalue weighted by Crippen LogP contribution is -2.22.